The maximum atomic E-state index is 3.49. The smallest absolute Gasteiger partial charge is 0.0205 e. The average Bonchev–Trinajstić information content (AvgIpc) is 2.55. The van der Waals surface area contributed by atoms with E-state index < -0.39 is 0 Å². The maximum Gasteiger partial charge on any atom is 0.0205 e. The molecule has 0 saturated heterocycles. The first-order valence-electron chi connectivity index (χ1n) is 7.28. The molecule has 2 heteroatoms. The standard InChI is InChI=1S/C19H19NS/c1-2-6-16(7-3-1)15-20-12-13-21-19-11-10-17-8-4-5-9-18(17)14-19/h1-11,14,20H,12-13,15H2. The van der Waals surface area contributed by atoms with Gasteiger partial charge in [0.25, 0.3) is 0 Å². The van der Waals surface area contributed by atoms with Crippen molar-refractivity contribution in [2.75, 3.05) is 12.3 Å². The lowest BCUT2D eigenvalue weighted by atomic mass is 10.1. The molecule has 1 nitrogen and oxygen atoms in total. The zero-order valence-corrected chi connectivity index (χ0v) is 12.8. The highest BCUT2D eigenvalue weighted by Crippen LogP contribution is 2.23. The third-order valence-electron chi connectivity index (χ3n) is 3.44. The van der Waals surface area contributed by atoms with Crippen LogP contribution in [0.4, 0.5) is 0 Å². The van der Waals surface area contributed by atoms with Gasteiger partial charge in [0.1, 0.15) is 0 Å². The van der Waals surface area contributed by atoms with Crippen LogP contribution in [0.15, 0.2) is 77.7 Å². The Balaban J connectivity index is 1.46. The molecule has 0 aliphatic rings. The molecule has 3 aromatic carbocycles. The molecule has 0 bridgehead atoms. The van der Waals surface area contributed by atoms with Crippen molar-refractivity contribution in [3.63, 3.8) is 0 Å². The van der Waals surface area contributed by atoms with E-state index in [1.807, 2.05) is 11.8 Å². The van der Waals surface area contributed by atoms with Crippen molar-refractivity contribution in [3.8, 4) is 0 Å². The fourth-order valence-electron chi connectivity index (χ4n) is 2.33. The first-order chi connectivity index (χ1) is 10.4. The van der Waals surface area contributed by atoms with Gasteiger partial charge in [-0.2, -0.15) is 0 Å². The highest BCUT2D eigenvalue weighted by atomic mass is 32.2. The van der Waals surface area contributed by atoms with Crippen molar-refractivity contribution in [2.45, 2.75) is 11.4 Å². The summed E-state index contributed by atoms with van der Waals surface area (Å²) in [7, 11) is 0. The fraction of sp³-hybridized carbons (Fsp3) is 0.158. The van der Waals surface area contributed by atoms with Gasteiger partial charge in [-0.3, -0.25) is 0 Å². The third kappa shape index (κ3) is 4.10. The Morgan fingerprint density at radius 2 is 1.52 bits per heavy atom. The van der Waals surface area contributed by atoms with E-state index in [1.54, 1.807) is 0 Å². The minimum atomic E-state index is 0.944. The summed E-state index contributed by atoms with van der Waals surface area (Å²) in [6, 6.07) is 25.7. The fourth-order valence-corrected chi connectivity index (χ4v) is 3.18. The molecule has 3 rings (SSSR count). The van der Waals surface area contributed by atoms with Crippen LogP contribution in [0.25, 0.3) is 10.8 Å². The highest BCUT2D eigenvalue weighted by Gasteiger charge is 1.97. The van der Waals surface area contributed by atoms with Crippen molar-refractivity contribution >= 4 is 22.5 Å². The van der Waals surface area contributed by atoms with Crippen molar-refractivity contribution in [1.29, 1.82) is 0 Å². The second-order valence-corrected chi connectivity index (χ2v) is 6.19. The first kappa shape index (κ1) is 14.2. The van der Waals surface area contributed by atoms with Gasteiger partial charge in [-0.1, -0.05) is 60.7 Å². The van der Waals surface area contributed by atoms with E-state index in [0.29, 0.717) is 0 Å². The molecule has 0 saturated carbocycles. The van der Waals surface area contributed by atoms with Crippen LogP contribution in [0.5, 0.6) is 0 Å². The number of rotatable bonds is 6. The summed E-state index contributed by atoms with van der Waals surface area (Å²) in [5, 5.41) is 6.12. The molecular weight excluding hydrogens is 274 g/mol. The molecule has 0 amide bonds. The lowest BCUT2D eigenvalue weighted by Gasteiger charge is -2.06. The van der Waals surface area contributed by atoms with Crippen LogP contribution in [0, 0.1) is 0 Å². The second kappa shape index (κ2) is 7.30. The van der Waals surface area contributed by atoms with Gasteiger partial charge in [-0.05, 0) is 28.5 Å². The highest BCUT2D eigenvalue weighted by molar-refractivity contribution is 7.99. The number of nitrogens with one attached hydrogen (secondary N) is 1. The van der Waals surface area contributed by atoms with Gasteiger partial charge in [-0.25, -0.2) is 0 Å². The van der Waals surface area contributed by atoms with E-state index in [2.05, 4.69) is 78.1 Å². The molecule has 1 N–H and O–H groups in total. The Morgan fingerprint density at radius 1 is 0.762 bits per heavy atom. The van der Waals surface area contributed by atoms with Crippen LogP contribution in [0.3, 0.4) is 0 Å². The van der Waals surface area contributed by atoms with E-state index >= 15 is 0 Å². The van der Waals surface area contributed by atoms with E-state index in [9.17, 15) is 0 Å². The summed E-state index contributed by atoms with van der Waals surface area (Å²) >= 11 is 1.91. The summed E-state index contributed by atoms with van der Waals surface area (Å²) in [5.41, 5.74) is 1.34. The van der Waals surface area contributed by atoms with Gasteiger partial charge in [0.05, 0.1) is 0 Å². The second-order valence-electron chi connectivity index (χ2n) is 5.02. The Labute approximate surface area is 130 Å². The Morgan fingerprint density at radius 3 is 2.38 bits per heavy atom. The third-order valence-corrected chi connectivity index (χ3v) is 4.44. The van der Waals surface area contributed by atoms with E-state index in [-0.39, 0.29) is 0 Å². The zero-order valence-electron chi connectivity index (χ0n) is 12.0. The van der Waals surface area contributed by atoms with Gasteiger partial charge in [0, 0.05) is 23.7 Å². The molecule has 106 valence electrons. The van der Waals surface area contributed by atoms with Crippen LogP contribution in [0.1, 0.15) is 5.56 Å². The predicted octanol–water partition coefficient (Wildman–Crippen LogP) is 4.72. The molecule has 0 aliphatic carbocycles. The quantitative estimate of drug-likeness (QED) is 0.521. The largest absolute Gasteiger partial charge is 0.312 e. The Bertz CT molecular complexity index is 694. The van der Waals surface area contributed by atoms with Gasteiger partial charge in [-0.15, -0.1) is 11.8 Å². The van der Waals surface area contributed by atoms with Crippen LogP contribution in [-0.2, 0) is 6.54 Å². The topological polar surface area (TPSA) is 12.0 Å². The molecule has 0 spiro atoms. The lowest BCUT2D eigenvalue weighted by Crippen LogP contribution is -2.16. The number of benzene rings is 3. The maximum absolute atomic E-state index is 3.49. The summed E-state index contributed by atoms with van der Waals surface area (Å²) < 4.78 is 0. The Kier molecular flexibility index (Phi) is 4.93. The first-order valence-corrected chi connectivity index (χ1v) is 8.27. The molecule has 0 fully saturated rings. The minimum absolute atomic E-state index is 0.944. The molecule has 3 aromatic rings. The van der Waals surface area contributed by atoms with Crippen molar-refractivity contribution in [3.05, 3.63) is 78.4 Å². The van der Waals surface area contributed by atoms with Gasteiger partial charge < -0.3 is 5.32 Å². The predicted molar refractivity (Wildman–Crippen MR) is 92.8 cm³/mol. The van der Waals surface area contributed by atoms with Crippen molar-refractivity contribution in [1.82, 2.24) is 5.32 Å². The SMILES string of the molecule is c1ccc(CNCCSc2ccc3ccccc3c2)cc1. The normalized spacial score (nSPS) is 10.9. The number of hydrogen-bond donors (Lipinski definition) is 1. The van der Waals surface area contributed by atoms with Crippen LogP contribution < -0.4 is 5.32 Å². The van der Waals surface area contributed by atoms with E-state index in [1.165, 1.54) is 21.2 Å². The van der Waals surface area contributed by atoms with Crippen LogP contribution in [-0.4, -0.2) is 12.3 Å². The van der Waals surface area contributed by atoms with E-state index in [4.69, 9.17) is 0 Å². The van der Waals surface area contributed by atoms with Crippen molar-refractivity contribution in [2.24, 2.45) is 0 Å². The summed E-state index contributed by atoms with van der Waals surface area (Å²) in [6.45, 7) is 1.96. The van der Waals surface area contributed by atoms with Gasteiger partial charge in [0.2, 0.25) is 0 Å². The van der Waals surface area contributed by atoms with Crippen LogP contribution >= 0.6 is 11.8 Å². The molecule has 0 radical (unpaired) electrons. The minimum Gasteiger partial charge on any atom is -0.312 e. The van der Waals surface area contributed by atoms with Gasteiger partial charge >= 0.3 is 0 Å². The molecule has 0 unspecified atom stereocenters. The Hall–Kier alpha value is -1.77. The van der Waals surface area contributed by atoms with Crippen LogP contribution in [0.2, 0.25) is 0 Å². The zero-order chi connectivity index (χ0) is 14.3. The molecule has 21 heavy (non-hydrogen) atoms. The van der Waals surface area contributed by atoms with Crippen molar-refractivity contribution < 1.29 is 0 Å². The number of hydrogen-bond acceptors (Lipinski definition) is 2. The lowest BCUT2D eigenvalue weighted by molar-refractivity contribution is 0.732. The molecular formula is C19H19NS. The molecule has 0 atom stereocenters. The molecule has 0 heterocycles. The number of thioether (sulfide) groups is 1. The summed E-state index contributed by atoms with van der Waals surface area (Å²) in [6.07, 6.45) is 0. The van der Waals surface area contributed by atoms with Gasteiger partial charge in [0.15, 0.2) is 0 Å². The van der Waals surface area contributed by atoms with E-state index in [0.717, 1.165) is 18.8 Å². The average molecular weight is 293 g/mol. The summed E-state index contributed by atoms with van der Waals surface area (Å²) in [4.78, 5) is 1.34. The summed E-state index contributed by atoms with van der Waals surface area (Å²) in [5.74, 6) is 1.09. The monoisotopic (exact) mass is 293 g/mol. The molecule has 0 aliphatic heterocycles. The molecule has 0 aromatic heterocycles. The number of fused-ring (bicyclic) bond motifs is 1.